The number of piperidine rings is 1. The van der Waals surface area contributed by atoms with Crippen LogP contribution >= 0.6 is 0 Å². The van der Waals surface area contributed by atoms with Gasteiger partial charge in [-0.1, -0.05) is 12.1 Å². The molecule has 1 aromatic rings. The number of rotatable bonds is 1. The molecular formula is C12H15N2O. The van der Waals surface area contributed by atoms with Crippen molar-refractivity contribution in [2.45, 2.75) is 19.3 Å². The maximum atomic E-state index is 12.0. The third-order valence-corrected chi connectivity index (χ3v) is 2.80. The Bertz CT molecular complexity index is 356. The highest BCUT2D eigenvalue weighted by molar-refractivity contribution is 5.98. The maximum absolute atomic E-state index is 12.0. The molecule has 79 valence electrons. The Morgan fingerprint density at radius 2 is 1.80 bits per heavy atom. The van der Waals surface area contributed by atoms with Gasteiger partial charge in [0.05, 0.1) is 11.3 Å². The number of nitrogens with zero attached hydrogens (tertiary/aromatic N) is 1. The van der Waals surface area contributed by atoms with Gasteiger partial charge in [-0.3, -0.25) is 4.79 Å². The number of hydrogen-bond donors (Lipinski definition) is 0. The quantitative estimate of drug-likeness (QED) is 0.690. The Hall–Kier alpha value is -1.51. The minimum Gasteiger partial charge on any atom is -0.339 e. The molecule has 0 spiro atoms. The van der Waals surface area contributed by atoms with Crippen LogP contribution in [-0.2, 0) is 0 Å². The van der Waals surface area contributed by atoms with Crippen LogP contribution in [-0.4, -0.2) is 23.9 Å². The van der Waals surface area contributed by atoms with Crippen molar-refractivity contribution in [2.24, 2.45) is 0 Å². The molecule has 1 aromatic carbocycles. The Morgan fingerprint density at radius 3 is 2.47 bits per heavy atom. The van der Waals surface area contributed by atoms with Crippen LogP contribution in [0.3, 0.4) is 0 Å². The minimum absolute atomic E-state index is 0.0142. The SMILES string of the molecule is [NH]c1ccccc1C(=O)N1CCCCC1. The summed E-state index contributed by atoms with van der Waals surface area (Å²) in [5, 5.41) is 0. The van der Waals surface area contributed by atoms with Crippen molar-refractivity contribution in [3.05, 3.63) is 29.8 Å². The van der Waals surface area contributed by atoms with Gasteiger partial charge >= 0.3 is 0 Å². The van der Waals surface area contributed by atoms with Gasteiger partial charge in [0.25, 0.3) is 5.91 Å². The molecule has 0 aliphatic carbocycles. The average Bonchev–Trinajstić information content (AvgIpc) is 2.30. The number of nitrogens with one attached hydrogen (secondary N) is 1. The van der Waals surface area contributed by atoms with E-state index in [1.165, 1.54) is 6.42 Å². The van der Waals surface area contributed by atoms with Crippen molar-refractivity contribution in [1.82, 2.24) is 10.6 Å². The van der Waals surface area contributed by atoms with Crippen LogP contribution in [0, 0.1) is 0 Å². The maximum Gasteiger partial charge on any atom is 0.256 e. The fourth-order valence-electron chi connectivity index (χ4n) is 1.94. The van der Waals surface area contributed by atoms with Crippen LogP contribution in [0.4, 0.5) is 5.69 Å². The number of carbonyl (C=O) groups is 1. The molecule has 1 aliphatic rings. The van der Waals surface area contributed by atoms with Gasteiger partial charge in [0.15, 0.2) is 0 Å². The monoisotopic (exact) mass is 203 g/mol. The lowest BCUT2D eigenvalue weighted by atomic mass is 10.1. The van der Waals surface area contributed by atoms with Gasteiger partial charge in [-0.25, -0.2) is 0 Å². The highest BCUT2D eigenvalue weighted by Gasteiger charge is 2.19. The minimum atomic E-state index is 0.0142. The molecule has 0 saturated carbocycles. The van der Waals surface area contributed by atoms with E-state index < -0.39 is 0 Å². The summed E-state index contributed by atoms with van der Waals surface area (Å²) < 4.78 is 0. The normalized spacial score (nSPS) is 16.4. The zero-order chi connectivity index (χ0) is 10.7. The topological polar surface area (TPSA) is 44.1 Å². The zero-order valence-corrected chi connectivity index (χ0v) is 8.70. The van der Waals surface area contributed by atoms with Crippen molar-refractivity contribution in [2.75, 3.05) is 13.1 Å². The van der Waals surface area contributed by atoms with E-state index >= 15 is 0 Å². The second kappa shape index (κ2) is 4.34. The summed E-state index contributed by atoms with van der Waals surface area (Å²) >= 11 is 0. The van der Waals surface area contributed by atoms with Crippen LogP contribution in [0.15, 0.2) is 24.3 Å². The van der Waals surface area contributed by atoms with Crippen LogP contribution in [0.2, 0.25) is 0 Å². The van der Waals surface area contributed by atoms with Crippen molar-refractivity contribution in [1.29, 1.82) is 0 Å². The van der Waals surface area contributed by atoms with Crippen LogP contribution in [0.5, 0.6) is 0 Å². The Morgan fingerprint density at radius 1 is 1.13 bits per heavy atom. The van der Waals surface area contributed by atoms with Gasteiger partial charge in [0.1, 0.15) is 0 Å². The molecule has 0 aromatic heterocycles. The molecule has 1 fully saturated rings. The van der Waals surface area contributed by atoms with E-state index in [1.54, 1.807) is 18.2 Å². The van der Waals surface area contributed by atoms with Gasteiger partial charge < -0.3 is 10.6 Å². The molecule has 3 nitrogen and oxygen atoms in total. The van der Waals surface area contributed by atoms with Gasteiger partial charge in [-0.2, -0.15) is 0 Å². The number of hydrogen-bond acceptors (Lipinski definition) is 1. The molecule has 3 heteroatoms. The Balaban J connectivity index is 2.16. The molecule has 1 saturated heterocycles. The summed E-state index contributed by atoms with van der Waals surface area (Å²) in [4.78, 5) is 13.9. The van der Waals surface area contributed by atoms with E-state index in [0.717, 1.165) is 25.9 Å². The number of amides is 1. The molecule has 0 bridgehead atoms. The fraction of sp³-hybridized carbons (Fsp3) is 0.417. The zero-order valence-electron chi connectivity index (χ0n) is 8.70. The third kappa shape index (κ3) is 2.12. The number of likely N-dealkylation sites (tertiary alicyclic amines) is 1. The molecule has 0 unspecified atom stereocenters. The Labute approximate surface area is 89.9 Å². The molecule has 1 aliphatic heterocycles. The van der Waals surface area contributed by atoms with Crippen LogP contribution in [0.25, 0.3) is 0 Å². The first-order chi connectivity index (χ1) is 7.29. The predicted molar refractivity (Wildman–Crippen MR) is 59.0 cm³/mol. The molecule has 2 rings (SSSR count). The van der Waals surface area contributed by atoms with Gasteiger partial charge in [-0.15, -0.1) is 0 Å². The van der Waals surface area contributed by atoms with Crippen molar-refractivity contribution in [3.63, 3.8) is 0 Å². The van der Waals surface area contributed by atoms with Crippen LogP contribution in [0.1, 0.15) is 29.6 Å². The van der Waals surface area contributed by atoms with E-state index in [4.69, 9.17) is 5.73 Å². The second-order valence-corrected chi connectivity index (χ2v) is 3.90. The summed E-state index contributed by atoms with van der Waals surface area (Å²) in [6, 6.07) is 7.00. The first-order valence-corrected chi connectivity index (χ1v) is 5.39. The summed E-state index contributed by atoms with van der Waals surface area (Å²) in [5.41, 5.74) is 8.53. The fourth-order valence-corrected chi connectivity index (χ4v) is 1.94. The smallest absolute Gasteiger partial charge is 0.256 e. The van der Waals surface area contributed by atoms with Crippen LogP contribution < -0.4 is 5.73 Å². The Kier molecular flexibility index (Phi) is 2.90. The standard InChI is InChI=1S/C12H15N2O/c13-11-7-3-2-6-10(11)12(15)14-8-4-1-5-9-14/h2-3,6-7,13H,1,4-5,8-9H2. The highest BCUT2D eigenvalue weighted by Crippen LogP contribution is 2.18. The summed E-state index contributed by atoms with van der Waals surface area (Å²) in [7, 11) is 0. The summed E-state index contributed by atoms with van der Waals surface area (Å²) in [6.45, 7) is 1.68. The molecule has 1 amide bonds. The van der Waals surface area contributed by atoms with Crippen molar-refractivity contribution < 1.29 is 4.79 Å². The lowest BCUT2D eigenvalue weighted by Crippen LogP contribution is -2.35. The van der Waals surface area contributed by atoms with E-state index in [0.29, 0.717) is 11.3 Å². The summed E-state index contributed by atoms with van der Waals surface area (Å²) in [5.74, 6) is 0.0142. The molecule has 15 heavy (non-hydrogen) atoms. The van der Waals surface area contributed by atoms with Crippen molar-refractivity contribution >= 4 is 11.6 Å². The predicted octanol–water partition coefficient (Wildman–Crippen LogP) is 2.23. The molecular weight excluding hydrogens is 188 g/mol. The van der Waals surface area contributed by atoms with Crippen molar-refractivity contribution in [3.8, 4) is 0 Å². The number of carbonyl (C=O) groups excluding carboxylic acids is 1. The first-order valence-electron chi connectivity index (χ1n) is 5.39. The molecule has 1 N–H and O–H groups in total. The number of benzene rings is 1. The van der Waals surface area contributed by atoms with E-state index in [2.05, 4.69) is 0 Å². The highest BCUT2D eigenvalue weighted by atomic mass is 16.2. The van der Waals surface area contributed by atoms with E-state index in [9.17, 15) is 4.79 Å². The van der Waals surface area contributed by atoms with E-state index in [-0.39, 0.29) is 5.91 Å². The van der Waals surface area contributed by atoms with E-state index in [1.807, 2.05) is 11.0 Å². The second-order valence-electron chi connectivity index (χ2n) is 3.90. The lowest BCUT2D eigenvalue weighted by Gasteiger charge is -2.27. The third-order valence-electron chi connectivity index (χ3n) is 2.80. The summed E-state index contributed by atoms with van der Waals surface area (Å²) in [6.07, 6.45) is 3.39. The molecule has 0 atom stereocenters. The van der Waals surface area contributed by atoms with Gasteiger partial charge in [0, 0.05) is 13.1 Å². The first kappa shape index (κ1) is 10.0. The van der Waals surface area contributed by atoms with Gasteiger partial charge in [0.2, 0.25) is 0 Å². The molecule has 1 heterocycles. The largest absolute Gasteiger partial charge is 0.339 e. The molecule has 1 radical (unpaired) electrons. The average molecular weight is 203 g/mol. The van der Waals surface area contributed by atoms with Gasteiger partial charge in [-0.05, 0) is 31.4 Å². The lowest BCUT2D eigenvalue weighted by molar-refractivity contribution is 0.0725.